The zero-order valence-electron chi connectivity index (χ0n) is 8.94. The summed E-state index contributed by atoms with van der Waals surface area (Å²) in [5.41, 5.74) is 3.24. The number of aryl methyl sites for hydroxylation is 2. The third kappa shape index (κ3) is 1.56. The van der Waals surface area contributed by atoms with Gasteiger partial charge in [-0.1, -0.05) is 19.4 Å². The molecule has 0 atom stereocenters. The van der Waals surface area contributed by atoms with E-state index >= 15 is 0 Å². The lowest BCUT2D eigenvalue weighted by Gasteiger charge is -2.28. The Kier molecular flexibility index (Phi) is 2.58. The van der Waals surface area contributed by atoms with Crippen LogP contribution >= 0.6 is 0 Å². The molecule has 0 N–H and O–H groups in total. The monoisotopic (exact) mass is 192 g/mol. The van der Waals surface area contributed by atoms with E-state index in [9.17, 15) is 4.39 Å². The molecule has 1 aliphatic rings. The molecule has 0 aromatic heterocycles. The van der Waals surface area contributed by atoms with E-state index in [-0.39, 0.29) is 5.82 Å². The zero-order chi connectivity index (χ0) is 10.1. The van der Waals surface area contributed by atoms with Crippen LogP contribution in [0.5, 0.6) is 0 Å². The molecule has 0 spiro atoms. The van der Waals surface area contributed by atoms with Crippen LogP contribution in [0.15, 0.2) is 12.1 Å². The predicted molar refractivity (Wildman–Crippen MR) is 57.1 cm³/mol. The summed E-state index contributed by atoms with van der Waals surface area (Å²) in [6, 6.07) is 3.84. The van der Waals surface area contributed by atoms with E-state index in [1.54, 1.807) is 6.07 Å². The maximum absolute atomic E-state index is 13.8. The summed E-state index contributed by atoms with van der Waals surface area (Å²) in [6.07, 6.45) is 4.52. The minimum atomic E-state index is 0.0200. The van der Waals surface area contributed by atoms with Crippen LogP contribution in [0, 0.1) is 12.7 Å². The molecule has 1 aromatic rings. The molecule has 0 bridgehead atoms. The van der Waals surface area contributed by atoms with Crippen molar-refractivity contribution in [3.63, 3.8) is 0 Å². The van der Waals surface area contributed by atoms with Crippen molar-refractivity contribution in [2.75, 3.05) is 0 Å². The van der Waals surface area contributed by atoms with Gasteiger partial charge >= 0.3 is 0 Å². The standard InChI is InChI=1S/C13H17F/c1-3-10-7-9(2)13(12(14)8-10)11-5-4-6-11/h7-8,11H,3-6H2,1-2H3. The van der Waals surface area contributed by atoms with E-state index < -0.39 is 0 Å². The molecule has 1 saturated carbocycles. The van der Waals surface area contributed by atoms with Crippen molar-refractivity contribution in [3.05, 3.63) is 34.6 Å². The van der Waals surface area contributed by atoms with Crippen molar-refractivity contribution in [1.82, 2.24) is 0 Å². The fourth-order valence-electron chi connectivity index (χ4n) is 2.24. The third-order valence-electron chi connectivity index (χ3n) is 3.32. The van der Waals surface area contributed by atoms with Gasteiger partial charge in [-0.05, 0) is 54.9 Å². The van der Waals surface area contributed by atoms with Crippen molar-refractivity contribution in [1.29, 1.82) is 0 Å². The molecule has 2 rings (SSSR count). The second-order valence-corrected chi connectivity index (χ2v) is 4.29. The SMILES string of the molecule is CCc1cc(C)c(C2CCC2)c(F)c1. The maximum Gasteiger partial charge on any atom is 0.127 e. The molecule has 1 aliphatic carbocycles. The quantitative estimate of drug-likeness (QED) is 0.665. The summed E-state index contributed by atoms with van der Waals surface area (Å²) in [4.78, 5) is 0. The highest BCUT2D eigenvalue weighted by Gasteiger charge is 2.24. The molecule has 0 radical (unpaired) electrons. The number of hydrogen-bond acceptors (Lipinski definition) is 0. The average molecular weight is 192 g/mol. The van der Waals surface area contributed by atoms with Crippen molar-refractivity contribution >= 4 is 0 Å². The minimum absolute atomic E-state index is 0.0200. The minimum Gasteiger partial charge on any atom is -0.207 e. The molecule has 76 valence electrons. The van der Waals surface area contributed by atoms with Crippen LogP contribution in [0.25, 0.3) is 0 Å². The molecule has 0 nitrogen and oxygen atoms in total. The van der Waals surface area contributed by atoms with Crippen LogP contribution in [-0.2, 0) is 6.42 Å². The van der Waals surface area contributed by atoms with Crippen LogP contribution < -0.4 is 0 Å². The van der Waals surface area contributed by atoms with Crippen molar-refractivity contribution in [2.45, 2.75) is 45.4 Å². The van der Waals surface area contributed by atoms with Crippen LogP contribution in [0.2, 0.25) is 0 Å². The lowest BCUT2D eigenvalue weighted by Crippen LogP contribution is -2.12. The number of benzene rings is 1. The second-order valence-electron chi connectivity index (χ2n) is 4.29. The average Bonchev–Trinajstić information content (AvgIpc) is 2.07. The first-order chi connectivity index (χ1) is 6.72. The molecule has 1 heteroatoms. The summed E-state index contributed by atoms with van der Waals surface area (Å²) < 4.78 is 13.8. The van der Waals surface area contributed by atoms with E-state index in [0.717, 1.165) is 23.1 Å². The summed E-state index contributed by atoms with van der Waals surface area (Å²) >= 11 is 0. The molecule has 0 unspecified atom stereocenters. The number of rotatable bonds is 2. The van der Waals surface area contributed by atoms with E-state index in [0.29, 0.717) is 5.92 Å². The summed E-state index contributed by atoms with van der Waals surface area (Å²) in [6.45, 7) is 4.10. The Bertz CT molecular complexity index is 314. The molecule has 14 heavy (non-hydrogen) atoms. The van der Waals surface area contributed by atoms with Crippen LogP contribution in [0.3, 0.4) is 0 Å². The van der Waals surface area contributed by atoms with Crippen LogP contribution in [0.1, 0.15) is 48.8 Å². The van der Waals surface area contributed by atoms with Crippen LogP contribution in [0.4, 0.5) is 4.39 Å². The maximum atomic E-state index is 13.8. The fraction of sp³-hybridized carbons (Fsp3) is 0.538. The van der Waals surface area contributed by atoms with Gasteiger partial charge in [-0.15, -0.1) is 0 Å². The Morgan fingerprint density at radius 1 is 1.36 bits per heavy atom. The second kappa shape index (κ2) is 3.72. The van der Waals surface area contributed by atoms with Gasteiger partial charge < -0.3 is 0 Å². The van der Waals surface area contributed by atoms with Gasteiger partial charge in [-0.25, -0.2) is 4.39 Å². The van der Waals surface area contributed by atoms with Gasteiger partial charge in [0, 0.05) is 0 Å². The highest BCUT2D eigenvalue weighted by molar-refractivity contribution is 5.36. The first-order valence-electron chi connectivity index (χ1n) is 5.51. The van der Waals surface area contributed by atoms with Crippen molar-refractivity contribution in [3.8, 4) is 0 Å². The van der Waals surface area contributed by atoms with Gasteiger partial charge in [0.05, 0.1) is 0 Å². The summed E-state index contributed by atoms with van der Waals surface area (Å²) in [7, 11) is 0. The van der Waals surface area contributed by atoms with Crippen molar-refractivity contribution < 1.29 is 4.39 Å². The summed E-state index contributed by atoms with van der Waals surface area (Å²) in [5, 5.41) is 0. The van der Waals surface area contributed by atoms with Crippen molar-refractivity contribution in [2.24, 2.45) is 0 Å². The largest absolute Gasteiger partial charge is 0.207 e. The molecule has 1 aromatic carbocycles. The Morgan fingerprint density at radius 3 is 2.50 bits per heavy atom. The summed E-state index contributed by atoms with van der Waals surface area (Å²) in [5.74, 6) is 0.521. The van der Waals surface area contributed by atoms with E-state index in [2.05, 4.69) is 13.0 Å². The Balaban J connectivity index is 2.39. The van der Waals surface area contributed by atoms with Gasteiger partial charge in [-0.3, -0.25) is 0 Å². The molecular formula is C13H17F. The molecular weight excluding hydrogens is 175 g/mol. The normalized spacial score (nSPS) is 16.8. The molecule has 0 amide bonds. The predicted octanol–water partition coefficient (Wildman–Crippen LogP) is 3.96. The Morgan fingerprint density at radius 2 is 2.07 bits per heavy atom. The zero-order valence-corrected chi connectivity index (χ0v) is 8.94. The molecule has 0 saturated heterocycles. The van der Waals surface area contributed by atoms with Gasteiger partial charge in [-0.2, -0.15) is 0 Å². The number of halogens is 1. The third-order valence-corrected chi connectivity index (χ3v) is 3.32. The van der Waals surface area contributed by atoms with Gasteiger partial charge in [0.2, 0.25) is 0 Å². The van der Waals surface area contributed by atoms with E-state index in [1.807, 2.05) is 6.92 Å². The van der Waals surface area contributed by atoms with E-state index in [1.165, 1.54) is 19.3 Å². The topological polar surface area (TPSA) is 0 Å². The first-order valence-corrected chi connectivity index (χ1v) is 5.51. The first kappa shape index (κ1) is 9.70. The fourth-order valence-corrected chi connectivity index (χ4v) is 2.24. The lowest BCUT2D eigenvalue weighted by atomic mass is 9.78. The van der Waals surface area contributed by atoms with Gasteiger partial charge in [0.25, 0.3) is 0 Å². The van der Waals surface area contributed by atoms with E-state index in [4.69, 9.17) is 0 Å². The van der Waals surface area contributed by atoms with Gasteiger partial charge in [0.1, 0.15) is 5.82 Å². The highest BCUT2D eigenvalue weighted by atomic mass is 19.1. The lowest BCUT2D eigenvalue weighted by molar-refractivity contribution is 0.402. The van der Waals surface area contributed by atoms with Crippen LogP contribution in [-0.4, -0.2) is 0 Å². The number of hydrogen-bond donors (Lipinski definition) is 0. The molecule has 1 fully saturated rings. The molecule has 0 aliphatic heterocycles. The smallest absolute Gasteiger partial charge is 0.127 e. The Hall–Kier alpha value is -0.850. The Labute approximate surface area is 85.1 Å². The van der Waals surface area contributed by atoms with Gasteiger partial charge in [0.15, 0.2) is 0 Å². The highest BCUT2D eigenvalue weighted by Crippen LogP contribution is 2.39. The molecule has 0 heterocycles.